The molecule has 0 atom stereocenters. The molecular formula is C18H20N4O4S. The van der Waals surface area contributed by atoms with Crippen molar-refractivity contribution in [1.29, 1.82) is 0 Å². The van der Waals surface area contributed by atoms with Gasteiger partial charge in [0.2, 0.25) is 10.0 Å². The van der Waals surface area contributed by atoms with Gasteiger partial charge in [0.15, 0.2) is 0 Å². The molecule has 0 radical (unpaired) electrons. The minimum Gasteiger partial charge on any atom is -0.497 e. The van der Waals surface area contributed by atoms with Crippen molar-refractivity contribution in [2.75, 3.05) is 14.2 Å². The third-order valence-corrected chi connectivity index (χ3v) is 5.38. The number of hydrogen-bond acceptors (Lipinski definition) is 6. The van der Waals surface area contributed by atoms with Gasteiger partial charge < -0.3 is 9.47 Å². The molecule has 27 heavy (non-hydrogen) atoms. The van der Waals surface area contributed by atoms with Gasteiger partial charge >= 0.3 is 0 Å². The fourth-order valence-electron chi connectivity index (χ4n) is 2.56. The van der Waals surface area contributed by atoms with E-state index >= 15 is 0 Å². The van der Waals surface area contributed by atoms with Crippen molar-refractivity contribution in [2.45, 2.75) is 11.4 Å². The predicted molar refractivity (Wildman–Crippen MR) is 100 cm³/mol. The Morgan fingerprint density at radius 3 is 2.56 bits per heavy atom. The summed E-state index contributed by atoms with van der Waals surface area (Å²) < 4.78 is 40.0. The number of nitrogens with zero attached hydrogens (tertiary/aromatic N) is 3. The quantitative estimate of drug-likeness (QED) is 0.665. The van der Waals surface area contributed by atoms with Crippen LogP contribution in [0.25, 0.3) is 11.1 Å². The number of hydrogen-bond donors (Lipinski definition) is 1. The molecule has 3 aromatic rings. The minimum atomic E-state index is -3.81. The van der Waals surface area contributed by atoms with Gasteiger partial charge in [-0.1, -0.05) is 0 Å². The predicted octanol–water partition coefficient (Wildman–Crippen LogP) is 1.98. The first kappa shape index (κ1) is 18.9. The van der Waals surface area contributed by atoms with Crippen LogP contribution < -0.4 is 14.2 Å². The summed E-state index contributed by atoms with van der Waals surface area (Å²) in [5.74, 6) is 0.668. The first-order valence-corrected chi connectivity index (χ1v) is 9.56. The molecule has 2 aromatic heterocycles. The highest BCUT2D eigenvalue weighted by Crippen LogP contribution is 2.28. The van der Waals surface area contributed by atoms with E-state index in [2.05, 4.69) is 14.8 Å². The zero-order chi connectivity index (χ0) is 19.4. The van der Waals surface area contributed by atoms with E-state index in [0.29, 0.717) is 5.75 Å². The molecule has 0 unspecified atom stereocenters. The third-order valence-electron chi connectivity index (χ3n) is 3.96. The van der Waals surface area contributed by atoms with Gasteiger partial charge in [0.25, 0.3) is 0 Å². The zero-order valence-corrected chi connectivity index (χ0v) is 16.0. The maximum absolute atomic E-state index is 12.7. The van der Waals surface area contributed by atoms with Gasteiger partial charge in [0, 0.05) is 49.4 Å². The Kier molecular flexibility index (Phi) is 5.43. The Labute approximate surface area is 157 Å². The molecule has 0 spiro atoms. The number of aryl methyl sites for hydroxylation is 1. The number of pyridine rings is 1. The Hall–Kier alpha value is -2.91. The SMILES string of the molecule is COc1ccc(OC)c(S(=O)(=O)NCc2cncc(-c3cnn(C)c3)c2)c1. The normalized spacial score (nSPS) is 11.4. The minimum absolute atomic E-state index is 0.0146. The van der Waals surface area contributed by atoms with Crippen LogP contribution >= 0.6 is 0 Å². The highest BCUT2D eigenvalue weighted by molar-refractivity contribution is 7.89. The lowest BCUT2D eigenvalue weighted by molar-refractivity contribution is 0.392. The maximum Gasteiger partial charge on any atom is 0.244 e. The number of aromatic nitrogens is 3. The van der Waals surface area contributed by atoms with E-state index in [0.717, 1.165) is 16.7 Å². The molecule has 0 amide bonds. The molecule has 1 aromatic carbocycles. The van der Waals surface area contributed by atoms with Crippen molar-refractivity contribution in [3.63, 3.8) is 0 Å². The summed E-state index contributed by atoms with van der Waals surface area (Å²) >= 11 is 0. The number of benzene rings is 1. The van der Waals surface area contributed by atoms with Crippen LogP contribution in [0.3, 0.4) is 0 Å². The van der Waals surface area contributed by atoms with Crippen LogP contribution in [0.1, 0.15) is 5.56 Å². The summed E-state index contributed by atoms with van der Waals surface area (Å²) in [4.78, 5) is 4.20. The second-order valence-corrected chi connectivity index (χ2v) is 7.56. The Bertz CT molecular complexity index is 1050. The highest BCUT2D eigenvalue weighted by atomic mass is 32.2. The highest BCUT2D eigenvalue weighted by Gasteiger charge is 2.20. The van der Waals surface area contributed by atoms with E-state index in [4.69, 9.17) is 9.47 Å². The van der Waals surface area contributed by atoms with Crippen molar-refractivity contribution in [3.05, 3.63) is 54.6 Å². The van der Waals surface area contributed by atoms with Crippen molar-refractivity contribution in [3.8, 4) is 22.6 Å². The fraction of sp³-hybridized carbons (Fsp3) is 0.222. The number of sulfonamides is 1. The van der Waals surface area contributed by atoms with Crippen LogP contribution in [-0.2, 0) is 23.6 Å². The molecule has 9 heteroatoms. The molecule has 142 valence electrons. The molecular weight excluding hydrogens is 368 g/mol. The summed E-state index contributed by atoms with van der Waals surface area (Å²) in [6, 6.07) is 6.48. The lowest BCUT2D eigenvalue weighted by atomic mass is 10.1. The summed E-state index contributed by atoms with van der Waals surface area (Å²) in [5.41, 5.74) is 2.49. The second-order valence-electron chi connectivity index (χ2n) is 5.83. The van der Waals surface area contributed by atoms with Crippen molar-refractivity contribution in [1.82, 2.24) is 19.5 Å². The summed E-state index contributed by atoms with van der Waals surface area (Å²) in [6.07, 6.45) is 6.92. The summed E-state index contributed by atoms with van der Waals surface area (Å²) in [7, 11) is 0.916. The molecule has 0 bridgehead atoms. The molecule has 0 fully saturated rings. The first-order valence-electron chi connectivity index (χ1n) is 8.07. The first-order chi connectivity index (χ1) is 12.9. The van der Waals surface area contributed by atoms with Gasteiger partial charge in [0.1, 0.15) is 16.4 Å². The maximum atomic E-state index is 12.7. The number of methoxy groups -OCH3 is 2. The number of rotatable bonds is 7. The van der Waals surface area contributed by atoms with E-state index in [1.165, 1.54) is 20.3 Å². The van der Waals surface area contributed by atoms with E-state index in [-0.39, 0.29) is 17.2 Å². The van der Waals surface area contributed by atoms with Gasteiger partial charge in [-0.05, 0) is 23.8 Å². The van der Waals surface area contributed by atoms with E-state index in [1.54, 1.807) is 35.4 Å². The molecule has 1 N–H and O–H groups in total. The van der Waals surface area contributed by atoms with Gasteiger partial charge in [-0.3, -0.25) is 9.67 Å². The molecule has 0 aliphatic heterocycles. The van der Waals surface area contributed by atoms with E-state index in [1.807, 2.05) is 19.3 Å². The van der Waals surface area contributed by atoms with Gasteiger partial charge in [-0.15, -0.1) is 0 Å². The average Bonchev–Trinajstić information content (AvgIpc) is 3.12. The van der Waals surface area contributed by atoms with Crippen LogP contribution in [-0.4, -0.2) is 37.4 Å². The fourth-order valence-corrected chi connectivity index (χ4v) is 3.76. The molecule has 0 aliphatic rings. The molecule has 3 rings (SSSR count). The smallest absolute Gasteiger partial charge is 0.244 e. The molecule has 8 nitrogen and oxygen atoms in total. The van der Waals surface area contributed by atoms with Crippen LogP contribution in [0.4, 0.5) is 0 Å². The molecule has 0 saturated heterocycles. The molecule has 2 heterocycles. The third kappa shape index (κ3) is 4.26. The van der Waals surface area contributed by atoms with E-state index in [9.17, 15) is 8.42 Å². The van der Waals surface area contributed by atoms with Gasteiger partial charge in [0.05, 0.1) is 20.4 Å². The monoisotopic (exact) mass is 388 g/mol. The Morgan fingerprint density at radius 1 is 1.07 bits per heavy atom. The lowest BCUT2D eigenvalue weighted by Gasteiger charge is -2.12. The van der Waals surface area contributed by atoms with Crippen LogP contribution in [0.5, 0.6) is 11.5 Å². The largest absolute Gasteiger partial charge is 0.497 e. The van der Waals surface area contributed by atoms with Crippen molar-refractivity contribution >= 4 is 10.0 Å². The lowest BCUT2D eigenvalue weighted by Crippen LogP contribution is -2.24. The topological polar surface area (TPSA) is 95.3 Å². The number of nitrogens with one attached hydrogen (secondary N) is 1. The van der Waals surface area contributed by atoms with Crippen molar-refractivity contribution < 1.29 is 17.9 Å². The standard InChI is InChI=1S/C18H20N4O4S/c1-22-12-15(11-20-22)14-6-13(8-19-10-14)9-21-27(23,24)18-7-16(25-2)4-5-17(18)26-3/h4-8,10-12,21H,9H2,1-3H3. The Morgan fingerprint density at radius 2 is 1.89 bits per heavy atom. The molecule has 0 saturated carbocycles. The van der Waals surface area contributed by atoms with Crippen LogP contribution in [0.2, 0.25) is 0 Å². The molecule has 0 aliphatic carbocycles. The zero-order valence-electron chi connectivity index (χ0n) is 15.2. The summed E-state index contributed by atoms with van der Waals surface area (Å²) in [5, 5.41) is 4.13. The Balaban J connectivity index is 1.82. The van der Waals surface area contributed by atoms with Crippen molar-refractivity contribution in [2.24, 2.45) is 7.05 Å². The van der Waals surface area contributed by atoms with Crippen LogP contribution in [0.15, 0.2) is 53.9 Å². The van der Waals surface area contributed by atoms with Crippen LogP contribution in [0, 0.1) is 0 Å². The van der Waals surface area contributed by atoms with Gasteiger partial charge in [-0.25, -0.2) is 13.1 Å². The summed E-state index contributed by atoms with van der Waals surface area (Å²) in [6.45, 7) is 0.0871. The second kappa shape index (κ2) is 7.77. The van der Waals surface area contributed by atoms with E-state index < -0.39 is 10.0 Å². The van der Waals surface area contributed by atoms with Gasteiger partial charge in [-0.2, -0.15) is 5.10 Å². The number of ether oxygens (including phenoxy) is 2. The average molecular weight is 388 g/mol.